The number of aromatic hydroxyl groups is 4. The number of para-hydroxylation sites is 2. The Labute approximate surface area is 159 Å². The smallest absolute Gasteiger partial charge is 0.330 e. The van der Waals surface area contributed by atoms with Crippen molar-refractivity contribution in [2.75, 3.05) is 13.7 Å². The van der Waals surface area contributed by atoms with Crippen molar-refractivity contribution >= 4 is 17.8 Å². The number of rotatable bonds is 6. The van der Waals surface area contributed by atoms with E-state index in [4.69, 9.17) is 0 Å². The van der Waals surface area contributed by atoms with Crippen molar-refractivity contribution in [3.63, 3.8) is 0 Å². The van der Waals surface area contributed by atoms with Crippen LogP contribution in [0.1, 0.15) is 20.7 Å². The highest BCUT2D eigenvalue weighted by Crippen LogP contribution is 2.28. The summed E-state index contributed by atoms with van der Waals surface area (Å²) in [6.07, 6.45) is 0. The van der Waals surface area contributed by atoms with Gasteiger partial charge in [-0.3, -0.25) is 9.59 Å². The number of amides is 2. The molecule has 0 aliphatic rings. The Bertz CT molecular complexity index is 912. The minimum Gasteiger partial charge on any atom is -0.504 e. The van der Waals surface area contributed by atoms with Crippen molar-refractivity contribution < 1.29 is 39.5 Å². The Balaban J connectivity index is 2.13. The van der Waals surface area contributed by atoms with E-state index < -0.39 is 53.4 Å². The van der Waals surface area contributed by atoms with E-state index in [1.165, 1.54) is 36.4 Å². The highest BCUT2D eigenvalue weighted by molar-refractivity contribution is 6.00. The van der Waals surface area contributed by atoms with E-state index in [1.54, 1.807) is 0 Å². The number of carbonyl (C=O) groups excluding carboxylic acids is 3. The van der Waals surface area contributed by atoms with Crippen LogP contribution in [0.4, 0.5) is 0 Å². The third-order valence-corrected chi connectivity index (χ3v) is 3.78. The molecule has 0 spiro atoms. The van der Waals surface area contributed by atoms with Gasteiger partial charge in [-0.2, -0.15) is 0 Å². The van der Waals surface area contributed by atoms with Crippen LogP contribution < -0.4 is 10.6 Å². The monoisotopic (exact) mass is 390 g/mol. The number of nitrogens with one attached hydrogen (secondary N) is 2. The van der Waals surface area contributed by atoms with Crippen molar-refractivity contribution in [1.29, 1.82) is 0 Å². The SMILES string of the molecule is COC(=O)[C@@H](CNC(=O)c1cccc(O)c1O)NC(=O)c1cccc(O)c1O. The molecule has 0 aliphatic heterocycles. The maximum Gasteiger partial charge on any atom is 0.330 e. The largest absolute Gasteiger partial charge is 0.504 e. The van der Waals surface area contributed by atoms with Crippen LogP contribution >= 0.6 is 0 Å². The van der Waals surface area contributed by atoms with Crippen molar-refractivity contribution in [3.8, 4) is 23.0 Å². The number of phenols is 4. The number of ether oxygens (including phenoxy) is 1. The first kappa shape index (κ1) is 20.4. The van der Waals surface area contributed by atoms with Gasteiger partial charge in [0, 0.05) is 6.54 Å². The number of hydrogen-bond donors (Lipinski definition) is 6. The van der Waals surface area contributed by atoms with E-state index in [2.05, 4.69) is 15.4 Å². The number of methoxy groups -OCH3 is 1. The quantitative estimate of drug-likeness (QED) is 0.301. The fourth-order valence-electron chi connectivity index (χ4n) is 2.29. The van der Waals surface area contributed by atoms with Crippen molar-refractivity contribution in [3.05, 3.63) is 47.5 Å². The predicted octanol–water partition coefficient (Wildman–Crippen LogP) is 0.210. The van der Waals surface area contributed by atoms with E-state index >= 15 is 0 Å². The molecule has 0 aromatic heterocycles. The molecule has 1 atom stereocenters. The Hall–Kier alpha value is -3.95. The second-order valence-corrected chi connectivity index (χ2v) is 5.61. The summed E-state index contributed by atoms with van der Waals surface area (Å²) in [6.45, 7) is -0.411. The fraction of sp³-hybridized carbons (Fsp3) is 0.167. The normalized spacial score (nSPS) is 11.3. The van der Waals surface area contributed by atoms with Gasteiger partial charge in [0.2, 0.25) is 0 Å². The molecule has 0 aliphatic carbocycles. The Morgan fingerprint density at radius 2 is 1.39 bits per heavy atom. The van der Waals surface area contributed by atoms with E-state index in [0.717, 1.165) is 7.11 Å². The lowest BCUT2D eigenvalue weighted by atomic mass is 10.1. The van der Waals surface area contributed by atoms with Gasteiger partial charge < -0.3 is 35.8 Å². The molecule has 0 fully saturated rings. The number of carbonyl (C=O) groups is 3. The molecule has 148 valence electrons. The minimum absolute atomic E-state index is 0.236. The summed E-state index contributed by atoms with van der Waals surface area (Å²) in [5.74, 6) is -4.90. The zero-order chi connectivity index (χ0) is 20.8. The first-order chi connectivity index (χ1) is 13.3. The van der Waals surface area contributed by atoms with E-state index in [0.29, 0.717) is 0 Å². The highest BCUT2D eigenvalue weighted by atomic mass is 16.5. The van der Waals surface area contributed by atoms with Gasteiger partial charge in [-0.15, -0.1) is 0 Å². The molecule has 2 aromatic carbocycles. The first-order valence-electron chi connectivity index (χ1n) is 7.95. The van der Waals surface area contributed by atoms with Crippen LogP contribution in [0, 0.1) is 0 Å². The molecule has 0 heterocycles. The zero-order valence-electron chi connectivity index (χ0n) is 14.7. The molecule has 0 unspecified atom stereocenters. The van der Waals surface area contributed by atoms with Crippen LogP contribution in [-0.2, 0) is 9.53 Å². The molecule has 0 saturated heterocycles. The van der Waals surface area contributed by atoms with Gasteiger partial charge in [0.15, 0.2) is 23.0 Å². The maximum absolute atomic E-state index is 12.3. The topological polar surface area (TPSA) is 165 Å². The summed E-state index contributed by atoms with van der Waals surface area (Å²) in [6, 6.07) is 6.17. The molecule has 0 saturated carbocycles. The fourth-order valence-corrected chi connectivity index (χ4v) is 2.29. The predicted molar refractivity (Wildman–Crippen MR) is 95.1 cm³/mol. The number of hydrogen-bond acceptors (Lipinski definition) is 8. The van der Waals surface area contributed by atoms with Crippen LogP contribution in [0.5, 0.6) is 23.0 Å². The van der Waals surface area contributed by atoms with Gasteiger partial charge in [-0.1, -0.05) is 12.1 Å². The number of phenolic OH excluding ortho intramolecular Hbond substituents is 4. The lowest BCUT2D eigenvalue weighted by Gasteiger charge is -2.18. The zero-order valence-corrected chi connectivity index (χ0v) is 14.7. The van der Waals surface area contributed by atoms with Crippen LogP contribution in [0.3, 0.4) is 0 Å². The maximum atomic E-state index is 12.3. The molecule has 10 heteroatoms. The summed E-state index contributed by atoms with van der Waals surface area (Å²) in [7, 11) is 1.08. The first-order valence-corrected chi connectivity index (χ1v) is 7.95. The average molecular weight is 390 g/mol. The number of benzene rings is 2. The second-order valence-electron chi connectivity index (χ2n) is 5.61. The summed E-state index contributed by atoms with van der Waals surface area (Å²) in [5.41, 5.74) is -0.522. The second kappa shape index (κ2) is 8.62. The van der Waals surface area contributed by atoms with Crippen molar-refractivity contribution in [2.24, 2.45) is 0 Å². The minimum atomic E-state index is -1.33. The van der Waals surface area contributed by atoms with Gasteiger partial charge in [0.05, 0.1) is 18.2 Å². The molecule has 2 amide bonds. The summed E-state index contributed by atoms with van der Waals surface area (Å²) >= 11 is 0. The molecule has 28 heavy (non-hydrogen) atoms. The molecule has 2 rings (SSSR count). The summed E-state index contributed by atoms with van der Waals surface area (Å²) in [4.78, 5) is 36.4. The third-order valence-electron chi connectivity index (χ3n) is 3.78. The Kier molecular flexibility index (Phi) is 6.27. The molecule has 6 N–H and O–H groups in total. The van der Waals surface area contributed by atoms with Gasteiger partial charge in [-0.05, 0) is 24.3 Å². The molecule has 0 radical (unpaired) electrons. The number of esters is 1. The molecule has 0 bridgehead atoms. The van der Waals surface area contributed by atoms with Gasteiger partial charge in [0.25, 0.3) is 11.8 Å². The van der Waals surface area contributed by atoms with Gasteiger partial charge in [-0.25, -0.2) is 4.79 Å². The van der Waals surface area contributed by atoms with Gasteiger partial charge >= 0.3 is 5.97 Å². The summed E-state index contributed by atoms with van der Waals surface area (Å²) < 4.78 is 4.58. The van der Waals surface area contributed by atoms with E-state index in [1.807, 2.05) is 0 Å². The standard InChI is InChI=1S/C18H18N2O8/c1-28-18(27)11(20-17(26)10-5-3-7-13(22)15(10)24)8-19-16(25)9-4-2-6-12(21)14(9)23/h2-7,11,21-24H,8H2,1H3,(H,19,25)(H,20,26)/t11-/m1/s1. The molecular formula is C18H18N2O8. The van der Waals surface area contributed by atoms with E-state index in [9.17, 15) is 34.8 Å². The van der Waals surface area contributed by atoms with Crippen LogP contribution in [0.15, 0.2) is 36.4 Å². The lowest BCUT2D eigenvalue weighted by Crippen LogP contribution is -2.49. The highest BCUT2D eigenvalue weighted by Gasteiger charge is 2.25. The van der Waals surface area contributed by atoms with Gasteiger partial charge in [0.1, 0.15) is 6.04 Å². The van der Waals surface area contributed by atoms with Crippen molar-refractivity contribution in [1.82, 2.24) is 10.6 Å². The average Bonchev–Trinajstić information content (AvgIpc) is 2.68. The Morgan fingerprint density at radius 3 is 1.89 bits per heavy atom. The van der Waals surface area contributed by atoms with E-state index in [-0.39, 0.29) is 11.1 Å². The summed E-state index contributed by atoms with van der Waals surface area (Å²) in [5, 5.41) is 43.0. The van der Waals surface area contributed by atoms with Crippen LogP contribution in [0.25, 0.3) is 0 Å². The lowest BCUT2D eigenvalue weighted by molar-refractivity contribution is -0.142. The molecule has 10 nitrogen and oxygen atoms in total. The van der Waals surface area contributed by atoms with Crippen LogP contribution in [0.2, 0.25) is 0 Å². The third kappa shape index (κ3) is 4.41. The van der Waals surface area contributed by atoms with Crippen LogP contribution in [-0.4, -0.2) is 57.9 Å². The molecular weight excluding hydrogens is 372 g/mol. The van der Waals surface area contributed by atoms with Crippen molar-refractivity contribution in [2.45, 2.75) is 6.04 Å². The molecule has 2 aromatic rings. The Morgan fingerprint density at radius 1 is 0.893 bits per heavy atom.